The molecule has 1 aliphatic carbocycles. The van der Waals surface area contributed by atoms with Gasteiger partial charge in [-0.2, -0.15) is 0 Å². The molecule has 1 rings (SSSR count). The van der Waals surface area contributed by atoms with Crippen molar-refractivity contribution in [3.63, 3.8) is 0 Å². The highest BCUT2D eigenvalue weighted by Gasteiger charge is 2.39. The maximum absolute atomic E-state index is 11.8. The van der Waals surface area contributed by atoms with E-state index in [9.17, 15) is 4.39 Å². The van der Waals surface area contributed by atoms with Gasteiger partial charge in [-0.15, -0.1) is 0 Å². The summed E-state index contributed by atoms with van der Waals surface area (Å²) in [6.45, 7) is -0.510. The summed E-state index contributed by atoms with van der Waals surface area (Å²) in [5, 5.41) is 8.67. The van der Waals surface area contributed by atoms with Crippen molar-refractivity contribution < 1.29 is 9.50 Å². The molecule has 0 unspecified atom stereocenters. The van der Waals surface area contributed by atoms with Crippen LogP contribution in [-0.4, -0.2) is 23.4 Å². The molecule has 0 saturated heterocycles. The van der Waals surface area contributed by atoms with Gasteiger partial charge in [0.15, 0.2) is 0 Å². The largest absolute Gasteiger partial charge is 0.393 e. The van der Waals surface area contributed by atoms with Crippen molar-refractivity contribution in [3.8, 4) is 0 Å². The Morgan fingerprint density at radius 1 is 1.75 bits per heavy atom. The van der Waals surface area contributed by atoms with Crippen molar-refractivity contribution in [2.45, 2.75) is 24.5 Å². The highest BCUT2D eigenvalue weighted by molar-refractivity contribution is 4.97. The number of aliphatic hydroxyl groups is 1. The molecule has 1 aliphatic rings. The van der Waals surface area contributed by atoms with Crippen LogP contribution in [0.3, 0.4) is 0 Å². The summed E-state index contributed by atoms with van der Waals surface area (Å²) in [7, 11) is 0. The number of hydrogen-bond donors (Lipinski definition) is 2. The Kier molecular flexibility index (Phi) is 1.25. The topological polar surface area (TPSA) is 46.2 Å². The third-order valence-electron chi connectivity index (χ3n) is 1.55. The zero-order chi connectivity index (χ0) is 6.20. The Morgan fingerprint density at radius 2 is 2.25 bits per heavy atom. The number of aliphatic hydroxyl groups excluding tert-OH is 1. The summed E-state index contributed by atoms with van der Waals surface area (Å²) in [5.41, 5.74) is 4.68. The molecule has 0 spiro atoms. The molecular weight excluding hydrogens is 109 g/mol. The van der Waals surface area contributed by atoms with Crippen LogP contribution in [0.25, 0.3) is 0 Å². The van der Waals surface area contributed by atoms with E-state index in [1.165, 1.54) is 0 Å². The molecule has 1 fully saturated rings. The zero-order valence-electron chi connectivity index (χ0n) is 4.60. The molecule has 0 aromatic rings. The fourth-order valence-corrected chi connectivity index (χ4v) is 0.988. The Morgan fingerprint density at radius 3 is 2.38 bits per heavy atom. The molecule has 2 nitrogen and oxygen atoms in total. The summed E-state index contributed by atoms with van der Waals surface area (Å²) in [4.78, 5) is 0. The fraction of sp³-hybridized carbons (Fsp3) is 1.00. The van der Waals surface area contributed by atoms with Crippen LogP contribution in [0.2, 0.25) is 0 Å². The van der Waals surface area contributed by atoms with Crippen molar-refractivity contribution in [3.05, 3.63) is 0 Å². The first-order chi connectivity index (χ1) is 3.66. The Bertz CT molecular complexity index is 90.4. The average molecular weight is 119 g/mol. The van der Waals surface area contributed by atoms with Gasteiger partial charge in [-0.05, 0) is 12.8 Å². The lowest BCUT2D eigenvalue weighted by Gasteiger charge is -2.39. The Balaban J connectivity index is 2.30. The number of halogens is 1. The molecule has 0 aromatic carbocycles. The minimum Gasteiger partial charge on any atom is -0.393 e. The van der Waals surface area contributed by atoms with E-state index in [1.54, 1.807) is 0 Å². The van der Waals surface area contributed by atoms with E-state index >= 15 is 0 Å². The first-order valence-electron chi connectivity index (χ1n) is 2.69. The molecule has 8 heavy (non-hydrogen) atoms. The van der Waals surface area contributed by atoms with Gasteiger partial charge in [0, 0.05) is 5.54 Å². The van der Waals surface area contributed by atoms with Crippen LogP contribution in [0.15, 0.2) is 0 Å². The molecule has 0 heterocycles. The standard InChI is InChI=1S/C5H10FNO/c6-3-5(7)1-4(8)2-5/h4,8H,1-3,7H2. The number of alkyl halides is 1. The van der Waals surface area contributed by atoms with E-state index in [1.807, 2.05) is 0 Å². The molecule has 0 radical (unpaired) electrons. The minimum absolute atomic E-state index is 0.351. The molecule has 0 amide bonds. The predicted molar refractivity (Wildman–Crippen MR) is 28.1 cm³/mol. The van der Waals surface area contributed by atoms with Crippen molar-refractivity contribution >= 4 is 0 Å². The van der Waals surface area contributed by atoms with Gasteiger partial charge in [0.2, 0.25) is 0 Å². The van der Waals surface area contributed by atoms with Crippen LogP contribution in [-0.2, 0) is 0 Å². The first-order valence-corrected chi connectivity index (χ1v) is 2.69. The van der Waals surface area contributed by atoms with E-state index in [2.05, 4.69) is 0 Å². The molecule has 0 aromatic heterocycles. The SMILES string of the molecule is NC1(CF)CC(O)C1. The molecule has 3 heteroatoms. The maximum atomic E-state index is 11.8. The quantitative estimate of drug-likeness (QED) is 0.502. The predicted octanol–water partition coefficient (Wildman–Crippen LogP) is -0.192. The third kappa shape index (κ3) is 0.833. The maximum Gasteiger partial charge on any atom is 0.108 e. The lowest BCUT2D eigenvalue weighted by Crippen LogP contribution is -2.56. The summed E-state index contributed by atoms with van der Waals surface area (Å²) in [6.07, 6.45) is 0.489. The van der Waals surface area contributed by atoms with Crippen molar-refractivity contribution in [2.75, 3.05) is 6.67 Å². The molecular formula is C5H10FNO. The minimum atomic E-state index is -0.681. The second kappa shape index (κ2) is 1.67. The normalized spacial score (nSPS) is 46.1. The van der Waals surface area contributed by atoms with Gasteiger partial charge in [-0.1, -0.05) is 0 Å². The summed E-state index contributed by atoms with van der Waals surface area (Å²) < 4.78 is 11.8. The van der Waals surface area contributed by atoms with Crippen molar-refractivity contribution in [1.82, 2.24) is 0 Å². The third-order valence-corrected chi connectivity index (χ3v) is 1.55. The fourth-order valence-electron chi connectivity index (χ4n) is 0.988. The molecule has 1 saturated carbocycles. The molecule has 3 N–H and O–H groups in total. The van der Waals surface area contributed by atoms with Gasteiger partial charge >= 0.3 is 0 Å². The number of nitrogens with two attached hydrogens (primary N) is 1. The monoisotopic (exact) mass is 119 g/mol. The Hall–Kier alpha value is -0.150. The first kappa shape index (κ1) is 5.98. The summed E-state index contributed by atoms with van der Waals surface area (Å²) >= 11 is 0. The van der Waals surface area contributed by atoms with E-state index in [-0.39, 0.29) is 6.10 Å². The van der Waals surface area contributed by atoms with Crippen LogP contribution in [0.5, 0.6) is 0 Å². The van der Waals surface area contributed by atoms with Crippen molar-refractivity contribution in [2.24, 2.45) is 5.73 Å². The van der Waals surface area contributed by atoms with Gasteiger partial charge in [-0.3, -0.25) is 0 Å². The average Bonchev–Trinajstić information content (AvgIpc) is 1.63. The van der Waals surface area contributed by atoms with Crippen LogP contribution in [0, 0.1) is 0 Å². The van der Waals surface area contributed by atoms with E-state index in [0.29, 0.717) is 12.8 Å². The van der Waals surface area contributed by atoms with E-state index in [0.717, 1.165) is 0 Å². The summed E-state index contributed by atoms with van der Waals surface area (Å²) in [6, 6.07) is 0. The van der Waals surface area contributed by atoms with Gasteiger partial charge < -0.3 is 10.8 Å². The number of rotatable bonds is 1. The van der Waals surface area contributed by atoms with Gasteiger partial charge in [-0.25, -0.2) is 4.39 Å². The van der Waals surface area contributed by atoms with Crippen molar-refractivity contribution in [1.29, 1.82) is 0 Å². The summed E-state index contributed by atoms with van der Waals surface area (Å²) in [5.74, 6) is 0. The molecule has 0 bridgehead atoms. The second-order valence-corrected chi connectivity index (χ2v) is 2.56. The van der Waals surface area contributed by atoms with E-state index < -0.39 is 12.2 Å². The Labute approximate surface area is 47.5 Å². The highest BCUT2D eigenvalue weighted by Crippen LogP contribution is 2.29. The van der Waals surface area contributed by atoms with Gasteiger partial charge in [0.1, 0.15) is 6.67 Å². The van der Waals surface area contributed by atoms with Gasteiger partial charge in [0.05, 0.1) is 6.10 Å². The van der Waals surface area contributed by atoms with Crippen LogP contribution in [0.4, 0.5) is 4.39 Å². The molecule has 48 valence electrons. The van der Waals surface area contributed by atoms with Crippen LogP contribution in [0.1, 0.15) is 12.8 Å². The lowest BCUT2D eigenvalue weighted by atomic mass is 9.76. The number of hydrogen-bond acceptors (Lipinski definition) is 2. The van der Waals surface area contributed by atoms with Gasteiger partial charge in [0.25, 0.3) is 0 Å². The van der Waals surface area contributed by atoms with Crippen LogP contribution < -0.4 is 5.73 Å². The second-order valence-electron chi connectivity index (χ2n) is 2.56. The van der Waals surface area contributed by atoms with E-state index in [4.69, 9.17) is 10.8 Å². The molecule has 0 aliphatic heterocycles. The molecule has 0 atom stereocenters. The lowest BCUT2D eigenvalue weighted by molar-refractivity contribution is 0.0108. The smallest absolute Gasteiger partial charge is 0.108 e. The zero-order valence-corrected chi connectivity index (χ0v) is 4.60. The van der Waals surface area contributed by atoms with Crippen LogP contribution >= 0.6 is 0 Å². The highest BCUT2D eigenvalue weighted by atomic mass is 19.1.